The van der Waals surface area contributed by atoms with E-state index in [2.05, 4.69) is 60.3 Å². The fraction of sp³-hybridized carbons (Fsp3) is 0.455. The van der Waals surface area contributed by atoms with Crippen LogP contribution in [0, 0.1) is 12.3 Å². The summed E-state index contributed by atoms with van der Waals surface area (Å²) in [6.45, 7) is 7.79. The standard InChI is InChI=1S/C22H28N4.2ClH/c1-15-10-18(12-23-17-6-8-22(2,3)9-7-17)24-13-19(15)16-4-5-20-21(11-16)26-14-25-20;;/h4-5,10-11,13-14,17,23H,6-9,12H2,1-3H3,(H,25,26);2*1H. The summed E-state index contributed by atoms with van der Waals surface area (Å²) in [5, 5.41) is 3.71. The van der Waals surface area contributed by atoms with Crippen LogP contribution in [0.5, 0.6) is 0 Å². The zero-order valence-electron chi connectivity index (χ0n) is 16.8. The third-order valence-electron chi connectivity index (χ3n) is 5.81. The van der Waals surface area contributed by atoms with E-state index in [0.29, 0.717) is 11.5 Å². The molecule has 1 saturated carbocycles. The third kappa shape index (κ3) is 5.05. The van der Waals surface area contributed by atoms with Gasteiger partial charge in [-0.1, -0.05) is 19.9 Å². The van der Waals surface area contributed by atoms with Gasteiger partial charge >= 0.3 is 0 Å². The normalized spacial score (nSPS) is 16.4. The lowest BCUT2D eigenvalue weighted by molar-refractivity contribution is 0.205. The molecule has 1 fully saturated rings. The Balaban J connectivity index is 0.00000140. The molecule has 0 bridgehead atoms. The van der Waals surface area contributed by atoms with Gasteiger partial charge in [0.25, 0.3) is 0 Å². The number of nitrogens with zero attached hydrogens (tertiary/aromatic N) is 2. The number of pyridine rings is 1. The molecule has 0 spiro atoms. The lowest BCUT2D eigenvalue weighted by Gasteiger charge is -2.34. The van der Waals surface area contributed by atoms with E-state index in [9.17, 15) is 0 Å². The van der Waals surface area contributed by atoms with E-state index in [1.165, 1.54) is 42.4 Å². The average Bonchev–Trinajstić information content (AvgIpc) is 3.08. The molecular weight excluding hydrogens is 391 g/mol. The predicted octanol–water partition coefficient (Wildman–Crippen LogP) is 5.84. The number of aromatic nitrogens is 3. The van der Waals surface area contributed by atoms with E-state index < -0.39 is 0 Å². The van der Waals surface area contributed by atoms with Crippen LogP contribution in [0.1, 0.15) is 50.8 Å². The second-order valence-corrected chi connectivity index (χ2v) is 8.44. The van der Waals surface area contributed by atoms with Gasteiger partial charge in [-0.3, -0.25) is 4.98 Å². The summed E-state index contributed by atoms with van der Waals surface area (Å²) in [4.78, 5) is 12.2. The molecule has 2 N–H and O–H groups in total. The number of imidazole rings is 1. The van der Waals surface area contributed by atoms with Crippen molar-refractivity contribution < 1.29 is 0 Å². The van der Waals surface area contributed by atoms with Crippen LogP contribution >= 0.6 is 24.8 Å². The Morgan fingerprint density at radius 3 is 2.57 bits per heavy atom. The van der Waals surface area contributed by atoms with Gasteiger partial charge in [-0.05, 0) is 67.3 Å². The molecule has 3 aromatic rings. The molecule has 2 aromatic heterocycles. The van der Waals surface area contributed by atoms with E-state index in [4.69, 9.17) is 4.98 Å². The Morgan fingerprint density at radius 1 is 1.11 bits per heavy atom. The highest BCUT2D eigenvalue weighted by atomic mass is 35.5. The minimum Gasteiger partial charge on any atom is -0.345 e. The molecule has 1 aromatic carbocycles. The van der Waals surface area contributed by atoms with Crippen LogP contribution < -0.4 is 5.32 Å². The number of aryl methyl sites for hydroxylation is 1. The Kier molecular flexibility index (Phi) is 7.49. The van der Waals surface area contributed by atoms with E-state index in [0.717, 1.165) is 23.3 Å². The number of hydrogen-bond acceptors (Lipinski definition) is 3. The van der Waals surface area contributed by atoms with Gasteiger partial charge in [0.1, 0.15) is 0 Å². The highest BCUT2D eigenvalue weighted by Gasteiger charge is 2.26. The van der Waals surface area contributed by atoms with Crippen molar-refractivity contribution in [2.45, 2.75) is 59.0 Å². The summed E-state index contributed by atoms with van der Waals surface area (Å²) in [6, 6.07) is 9.17. The van der Waals surface area contributed by atoms with E-state index in [1.54, 1.807) is 6.33 Å². The second-order valence-electron chi connectivity index (χ2n) is 8.44. The molecule has 6 heteroatoms. The third-order valence-corrected chi connectivity index (χ3v) is 5.81. The van der Waals surface area contributed by atoms with Crippen LogP contribution in [-0.4, -0.2) is 21.0 Å². The molecule has 0 atom stereocenters. The highest BCUT2D eigenvalue weighted by Crippen LogP contribution is 2.35. The lowest BCUT2D eigenvalue weighted by atomic mass is 9.75. The summed E-state index contributed by atoms with van der Waals surface area (Å²) in [5.41, 5.74) is 7.33. The number of halogens is 2. The Bertz CT molecular complexity index is 910. The molecule has 0 unspecified atom stereocenters. The fourth-order valence-electron chi connectivity index (χ4n) is 3.97. The number of H-pyrrole nitrogens is 1. The van der Waals surface area contributed by atoms with E-state index in [-0.39, 0.29) is 24.8 Å². The quantitative estimate of drug-likeness (QED) is 0.557. The van der Waals surface area contributed by atoms with Crippen molar-refractivity contribution in [3.63, 3.8) is 0 Å². The Hall–Kier alpha value is -1.62. The van der Waals surface area contributed by atoms with Crippen molar-refractivity contribution in [1.82, 2.24) is 20.3 Å². The van der Waals surface area contributed by atoms with Crippen LogP contribution in [0.3, 0.4) is 0 Å². The zero-order valence-corrected chi connectivity index (χ0v) is 18.4. The summed E-state index contributed by atoms with van der Waals surface area (Å²) < 4.78 is 0. The summed E-state index contributed by atoms with van der Waals surface area (Å²) in [6.07, 6.45) is 8.91. The van der Waals surface area contributed by atoms with Gasteiger partial charge in [0.05, 0.1) is 23.1 Å². The first-order valence-electron chi connectivity index (χ1n) is 9.63. The number of hydrogen-bond donors (Lipinski definition) is 2. The monoisotopic (exact) mass is 420 g/mol. The van der Waals surface area contributed by atoms with Gasteiger partial charge in [0.2, 0.25) is 0 Å². The van der Waals surface area contributed by atoms with Crippen LogP contribution in [0.2, 0.25) is 0 Å². The largest absolute Gasteiger partial charge is 0.345 e. The maximum atomic E-state index is 4.71. The number of nitrogens with one attached hydrogen (secondary N) is 2. The highest BCUT2D eigenvalue weighted by molar-refractivity contribution is 5.85. The zero-order chi connectivity index (χ0) is 18.1. The van der Waals surface area contributed by atoms with Gasteiger partial charge in [-0.2, -0.15) is 0 Å². The molecule has 1 aliphatic carbocycles. The molecule has 152 valence electrons. The summed E-state index contributed by atoms with van der Waals surface area (Å²) in [7, 11) is 0. The molecule has 0 aliphatic heterocycles. The van der Waals surface area contributed by atoms with Crippen molar-refractivity contribution >= 4 is 35.8 Å². The molecule has 28 heavy (non-hydrogen) atoms. The van der Waals surface area contributed by atoms with E-state index in [1.807, 2.05) is 6.20 Å². The Labute approximate surface area is 179 Å². The van der Waals surface area contributed by atoms with Crippen molar-refractivity contribution in [2.75, 3.05) is 0 Å². The molecule has 0 amide bonds. The van der Waals surface area contributed by atoms with Gasteiger partial charge in [-0.25, -0.2) is 4.98 Å². The second kappa shape index (κ2) is 9.25. The molecule has 0 saturated heterocycles. The number of aromatic amines is 1. The van der Waals surface area contributed by atoms with Crippen LogP contribution in [0.25, 0.3) is 22.2 Å². The number of benzene rings is 1. The lowest BCUT2D eigenvalue weighted by Crippen LogP contribution is -2.35. The fourth-order valence-corrected chi connectivity index (χ4v) is 3.97. The molecule has 4 nitrogen and oxygen atoms in total. The maximum absolute atomic E-state index is 4.71. The first-order chi connectivity index (χ1) is 12.5. The maximum Gasteiger partial charge on any atom is 0.0931 e. The van der Waals surface area contributed by atoms with Crippen molar-refractivity contribution in [2.24, 2.45) is 5.41 Å². The first kappa shape index (κ1) is 22.7. The van der Waals surface area contributed by atoms with Gasteiger partial charge in [-0.15, -0.1) is 24.8 Å². The molecule has 1 aliphatic rings. The molecule has 2 heterocycles. The molecular formula is C22H30Cl2N4. The minimum atomic E-state index is 0. The average molecular weight is 421 g/mol. The minimum absolute atomic E-state index is 0. The van der Waals surface area contributed by atoms with Gasteiger partial charge < -0.3 is 10.3 Å². The summed E-state index contributed by atoms with van der Waals surface area (Å²) >= 11 is 0. The number of fused-ring (bicyclic) bond motifs is 1. The van der Waals surface area contributed by atoms with Crippen molar-refractivity contribution in [1.29, 1.82) is 0 Å². The summed E-state index contributed by atoms with van der Waals surface area (Å²) in [5.74, 6) is 0. The van der Waals surface area contributed by atoms with Gasteiger partial charge in [0.15, 0.2) is 0 Å². The SMILES string of the molecule is Cc1cc(CNC2CCC(C)(C)CC2)ncc1-c1ccc2nc[nH]c2c1.Cl.Cl. The van der Waals surface area contributed by atoms with Crippen molar-refractivity contribution in [3.05, 3.63) is 48.0 Å². The number of rotatable bonds is 4. The van der Waals surface area contributed by atoms with Gasteiger partial charge in [0, 0.05) is 24.3 Å². The first-order valence-corrected chi connectivity index (χ1v) is 9.63. The van der Waals surface area contributed by atoms with Crippen LogP contribution in [-0.2, 0) is 6.54 Å². The smallest absolute Gasteiger partial charge is 0.0931 e. The van der Waals surface area contributed by atoms with Crippen molar-refractivity contribution in [3.8, 4) is 11.1 Å². The molecule has 0 radical (unpaired) electrons. The Morgan fingerprint density at radius 2 is 1.86 bits per heavy atom. The van der Waals surface area contributed by atoms with E-state index >= 15 is 0 Å². The van der Waals surface area contributed by atoms with Crippen LogP contribution in [0.15, 0.2) is 36.8 Å². The predicted molar refractivity (Wildman–Crippen MR) is 121 cm³/mol. The van der Waals surface area contributed by atoms with Crippen LogP contribution in [0.4, 0.5) is 0 Å². The topological polar surface area (TPSA) is 53.6 Å². The molecule has 4 rings (SSSR count).